The zero-order chi connectivity index (χ0) is 15.9. The van der Waals surface area contributed by atoms with Crippen LogP contribution in [-0.2, 0) is 0 Å². The predicted molar refractivity (Wildman–Crippen MR) is 93.2 cm³/mol. The summed E-state index contributed by atoms with van der Waals surface area (Å²) in [6, 6.07) is 17.4. The van der Waals surface area contributed by atoms with Crippen LogP contribution in [0.1, 0.15) is 11.1 Å². The molecule has 5 nitrogen and oxygen atoms in total. The zero-order valence-electron chi connectivity index (χ0n) is 12.0. The first-order valence-electron chi connectivity index (χ1n) is 6.52. The second-order valence-electron chi connectivity index (χ2n) is 4.54. The van der Waals surface area contributed by atoms with E-state index in [1.165, 1.54) is 0 Å². The van der Waals surface area contributed by atoms with E-state index < -0.39 is 0 Å². The van der Waals surface area contributed by atoms with Crippen LogP contribution in [0, 0.1) is 11.3 Å². The van der Waals surface area contributed by atoms with E-state index in [2.05, 4.69) is 28.8 Å². The van der Waals surface area contributed by atoms with Crippen LogP contribution in [0.3, 0.4) is 0 Å². The van der Waals surface area contributed by atoms with Crippen LogP contribution in [0.4, 0.5) is 11.4 Å². The highest BCUT2D eigenvalue weighted by Gasteiger charge is 2.03. The van der Waals surface area contributed by atoms with Gasteiger partial charge in [0, 0.05) is 18.4 Å². The molecule has 0 aromatic heterocycles. The summed E-state index contributed by atoms with van der Waals surface area (Å²) in [4.78, 5) is 2.04. The molecule has 2 aromatic rings. The Morgan fingerprint density at radius 2 is 1.73 bits per heavy atom. The molecule has 0 bridgehead atoms. The first-order valence-corrected chi connectivity index (χ1v) is 6.93. The Balaban J connectivity index is 2.10. The maximum Gasteiger partial charge on any atom is 0.184 e. The second kappa shape index (κ2) is 7.20. The van der Waals surface area contributed by atoms with Gasteiger partial charge in [0.05, 0.1) is 17.8 Å². The molecule has 0 atom stereocenters. The van der Waals surface area contributed by atoms with E-state index in [1.54, 1.807) is 18.3 Å². The summed E-state index contributed by atoms with van der Waals surface area (Å²) in [5.41, 5.74) is 11.4. The number of nitrogens with one attached hydrogen (secondary N) is 1. The Hall–Kier alpha value is -2.91. The lowest BCUT2D eigenvalue weighted by Gasteiger charge is -2.19. The highest BCUT2D eigenvalue weighted by atomic mass is 32.1. The molecule has 0 heterocycles. The second-order valence-corrected chi connectivity index (χ2v) is 4.98. The van der Waals surface area contributed by atoms with Crippen molar-refractivity contribution in [3.8, 4) is 6.07 Å². The monoisotopic (exact) mass is 309 g/mol. The Morgan fingerprint density at radius 3 is 2.23 bits per heavy atom. The van der Waals surface area contributed by atoms with Crippen molar-refractivity contribution in [2.24, 2.45) is 10.8 Å². The SMILES string of the molecule is CN(c1ccc(C#N)cc1)c1ccc(C=NNC(N)=S)cc1. The highest BCUT2D eigenvalue weighted by Crippen LogP contribution is 2.23. The average molecular weight is 309 g/mol. The maximum atomic E-state index is 8.82. The molecule has 0 aliphatic carbocycles. The van der Waals surface area contributed by atoms with Gasteiger partial charge in [0.15, 0.2) is 5.11 Å². The number of anilines is 2. The molecule has 0 saturated heterocycles. The molecule has 0 spiro atoms. The zero-order valence-corrected chi connectivity index (χ0v) is 12.8. The van der Waals surface area contributed by atoms with E-state index in [4.69, 9.17) is 11.0 Å². The van der Waals surface area contributed by atoms with Crippen LogP contribution in [0.15, 0.2) is 53.6 Å². The van der Waals surface area contributed by atoms with E-state index in [-0.39, 0.29) is 5.11 Å². The lowest BCUT2D eigenvalue weighted by atomic mass is 10.1. The van der Waals surface area contributed by atoms with Crippen molar-refractivity contribution in [1.82, 2.24) is 5.43 Å². The molecule has 0 amide bonds. The third kappa shape index (κ3) is 4.04. The van der Waals surface area contributed by atoms with Gasteiger partial charge in [0.1, 0.15) is 0 Å². The molecular formula is C16H15N5S. The Labute approximate surface area is 134 Å². The minimum absolute atomic E-state index is 0.133. The average Bonchev–Trinajstić information content (AvgIpc) is 2.54. The minimum atomic E-state index is 0.133. The fraction of sp³-hybridized carbons (Fsp3) is 0.0625. The summed E-state index contributed by atoms with van der Waals surface area (Å²) in [6.07, 6.45) is 1.64. The van der Waals surface area contributed by atoms with Gasteiger partial charge in [0.25, 0.3) is 0 Å². The van der Waals surface area contributed by atoms with Crippen molar-refractivity contribution >= 4 is 34.9 Å². The van der Waals surface area contributed by atoms with Crippen molar-refractivity contribution in [2.45, 2.75) is 0 Å². The topological polar surface area (TPSA) is 77.4 Å². The molecule has 110 valence electrons. The standard InChI is InChI=1S/C16H15N5S/c1-21(14-6-2-12(10-17)3-7-14)15-8-4-13(5-9-15)11-19-20-16(18)22/h2-9,11H,1H3,(H3,18,20,22). The van der Waals surface area contributed by atoms with Crippen LogP contribution in [-0.4, -0.2) is 18.4 Å². The third-order valence-electron chi connectivity index (χ3n) is 3.05. The van der Waals surface area contributed by atoms with Gasteiger partial charge in [-0.3, -0.25) is 5.43 Å². The van der Waals surface area contributed by atoms with Gasteiger partial charge < -0.3 is 10.6 Å². The molecule has 22 heavy (non-hydrogen) atoms. The number of nitrogens with zero attached hydrogens (tertiary/aromatic N) is 3. The number of nitriles is 1. The van der Waals surface area contributed by atoms with Gasteiger partial charge in [-0.05, 0) is 54.2 Å². The summed E-state index contributed by atoms with van der Waals surface area (Å²) in [5, 5.41) is 12.9. The number of benzene rings is 2. The summed E-state index contributed by atoms with van der Waals surface area (Å²) >= 11 is 4.66. The van der Waals surface area contributed by atoms with E-state index in [0.29, 0.717) is 5.56 Å². The van der Waals surface area contributed by atoms with Crippen molar-refractivity contribution < 1.29 is 0 Å². The Bertz CT molecular complexity index is 714. The van der Waals surface area contributed by atoms with Crippen molar-refractivity contribution in [1.29, 1.82) is 5.26 Å². The van der Waals surface area contributed by atoms with Crippen LogP contribution in [0.5, 0.6) is 0 Å². The normalized spacial score (nSPS) is 10.2. The first-order chi connectivity index (χ1) is 10.6. The Morgan fingerprint density at radius 1 is 1.18 bits per heavy atom. The lowest BCUT2D eigenvalue weighted by molar-refractivity contribution is 1.04. The lowest BCUT2D eigenvalue weighted by Crippen LogP contribution is -2.23. The van der Waals surface area contributed by atoms with E-state index >= 15 is 0 Å². The smallest absolute Gasteiger partial charge is 0.184 e. The van der Waals surface area contributed by atoms with E-state index in [1.807, 2.05) is 48.3 Å². The van der Waals surface area contributed by atoms with Gasteiger partial charge in [-0.1, -0.05) is 12.1 Å². The van der Waals surface area contributed by atoms with Crippen molar-refractivity contribution in [3.63, 3.8) is 0 Å². The van der Waals surface area contributed by atoms with Crippen molar-refractivity contribution in [2.75, 3.05) is 11.9 Å². The third-order valence-corrected chi connectivity index (χ3v) is 3.14. The fourth-order valence-electron chi connectivity index (χ4n) is 1.86. The summed E-state index contributed by atoms with van der Waals surface area (Å²) in [5.74, 6) is 0. The molecule has 6 heteroatoms. The fourth-order valence-corrected chi connectivity index (χ4v) is 1.92. The number of hydrogen-bond acceptors (Lipinski definition) is 4. The number of nitrogens with two attached hydrogens (primary N) is 1. The van der Waals surface area contributed by atoms with Gasteiger partial charge in [-0.25, -0.2) is 0 Å². The van der Waals surface area contributed by atoms with Gasteiger partial charge in [0.2, 0.25) is 0 Å². The highest BCUT2D eigenvalue weighted by molar-refractivity contribution is 7.80. The number of hydrazone groups is 1. The molecule has 0 aliphatic rings. The van der Waals surface area contributed by atoms with E-state index in [9.17, 15) is 0 Å². The molecule has 0 radical (unpaired) electrons. The summed E-state index contributed by atoms with van der Waals surface area (Å²) in [7, 11) is 1.97. The number of rotatable bonds is 4. The molecule has 2 rings (SSSR count). The molecule has 0 aliphatic heterocycles. The number of thiocarbonyl (C=S) groups is 1. The summed E-state index contributed by atoms with van der Waals surface area (Å²) < 4.78 is 0. The van der Waals surface area contributed by atoms with Crippen LogP contribution >= 0.6 is 12.2 Å². The summed E-state index contributed by atoms with van der Waals surface area (Å²) in [6.45, 7) is 0. The quantitative estimate of drug-likeness (QED) is 0.515. The molecule has 2 aromatic carbocycles. The van der Waals surface area contributed by atoms with Gasteiger partial charge >= 0.3 is 0 Å². The predicted octanol–water partition coefficient (Wildman–Crippen LogP) is 2.49. The van der Waals surface area contributed by atoms with Crippen LogP contribution < -0.4 is 16.1 Å². The largest absolute Gasteiger partial charge is 0.375 e. The molecule has 0 unspecified atom stereocenters. The van der Waals surface area contributed by atoms with Crippen LogP contribution in [0.25, 0.3) is 0 Å². The first kappa shape index (κ1) is 15.5. The molecular weight excluding hydrogens is 294 g/mol. The molecule has 0 saturated carbocycles. The van der Waals surface area contributed by atoms with Crippen LogP contribution in [0.2, 0.25) is 0 Å². The van der Waals surface area contributed by atoms with E-state index in [0.717, 1.165) is 16.9 Å². The number of hydrogen-bond donors (Lipinski definition) is 2. The minimum Gasteiger partial charge on any atom is -0.375 e. The molecule has 0 fully saturated rings. The van der Waals surface area contributed by atoms with Gasteiger partial charge in [-0.15, -0.1) is 0 Å². The maximum absolute atomic E-state index is 8.82. The van der Waals surface area contributed by atoms with Gasteiger partial charge in [-0.2, -0.15) is 10.4 Å². The van der Waals surface area contributed by atoms with Crippen molar-refractivity contribution in [3.05, 3.63) is 59.7 Å². The molecule has 3 N–H and O–H groups in total. The Kier molecular flexibility index (Phi) is 5.07.